The summed E-state index contributed by atoms with van der Waals surface area (Å²) in [4.78, 5) is 22.3. The first-order chi connectivity index (χ1) is 13.1. The molecule has 1 N–H and O–H groups in total. The van der Waals surface area contributed by atoms with Gasteiger partial charge in [-0.2, -0.15) is 5.10 Å². The minimum Gasteiger partial charge on any atom is -0.367 e. The third-order valence-corrected chi connectivity index (χ3v) is 4.97. The predicted octanol–water partition coefficient (Wildman–Crippen LogP) is 2.33. The van der Waals surface area contributed by atoms with Crippen LogP contribution in [0.25, 0.3) is 10.9 Å². The highest BCUT2D eigenvalue weighted by molar-refractivity contribution is 5.88. The van der Waals surface area contributed by atoms with Crippen LogP contribution in [0.5, 0.6) is 0 Å². The van der Waals surface area contributed by atoms with Crippen LogP contribution < -0.4 is 15.8 Å². The molecule has 2 aromatic heterocycles. The number of anilines is 2. The normalized spacial score (nSPS) is 17.3. The molecule has 1 aliphatic rings. The zero-order valence-electron chi connectivity index (χ0n) is 15.1. The fourth-order valence-electron chi connectivity index (χ4n) is 3.54. The Kier molecular flexibility index (Phi) is 4.70. The summed E-state index contributed by atoms with van der Waals surface area (Å²) in [7, 11) is 1.66. The van der Waals surface area contributed by atoms with E-state index in [9.17, 15) is 9.18 Å². The first-order valence-corrected chi connectivity index (χ1v) is 9.07. The van der Waals surface area contributed by atoms with E-state index in [0.717, 1.165) is 31.6 Å². The Morgan fingerprint density at radius 1 is 1.22 bits per heavy atom. The number of nitrogens with one attached hydrogen (secondary N) is 1. The number of fused-ring (bicyclic) bond motifs is 1. The minimum absolute atomic E-state index is 0.125. The molecule has 140 valence electrons. The first kappa shape index (κ1) is 17.4. The topological polar surface area (TPSA) is 75.9 Å². The number of hydrogen-bond acceptors (Lipinski definition) is 6. The number of piperidine rings is 1. The summed E-state index contributed by atoms with van der Waals surface area (Å²) < 4.78 is 15.0. The number of aromatic nitrogens is 4. The van der Waals surface area contributed by atoms with E-state index in [0.29, 0.717) is 23.3 Å². The van der Waals surface area contributed by atoms with Crippen LogP contribution in [0.4, 0.5) is 16.0 Å². The number of hydrogen-bond donors (Lipinski definition) is 1. The second kappa shape index (κ2) is 7.30. The molecule has 1 atom stereocenters. The van der Waals surface area contributed by atoms with Crippen LogP contribution in [0.15, 0.2) is 41.5 Å². The van der Waals surface area contributed by atoms with E-state index in [1.54, 1.807) is 25.2 Å². The van der Waals surface area contributed by atoms with Gasteiger partial charge in [0.15, 0.2) is 0 Å². The highest BCUT2D eigenvalue weighted by Crippen LogP contribution is 2.24. The molecule has 1 saturated heterocycles. The van der Waals surface area contributed by atoms with Gasteiger partial charge in [0.1, 0.15) is 23.8 Å². The van der Waals surface area contributed by atoms with Crippen molar-refractivity contribution < 1.29 is 4.39 Å². The Morgan fingerprint density at radius 3 is 2.96 bits per heavy atom. The van der Waals surface area contributed by atoms with Crippen LogP contribution in [0.1, 0.15) is 19.3 Å². The van der Waals surface area contributed by atoms with Crippen molar-refractivity contribution in [1.82, 2.24) is 19.7 Å². The first-order valence-electron chi connectivity index (χ1n) is 9.07. The van der Waals surface area contributed by atoms with Crippen molar-refractivity contribution in [1.29, 1.82) is 0 Å². The van der Waals surface area contributed by atoms with Crippen molar-refractivity contribution in [3.8, 4) is 0 Å². The molecule has 4 rings (SSSR count). The van der Waals surface area contributed by atoms with Gasteiger partial charge in [-0.25, -0.2) is 19.0 Å². The lowest BCUT2D eigenvalue weighted by Crippen LogP contribution is -2.45. The number of rotatable bonds is 4. The number of nitrogens with zero attached hydrogens (tertiary/aromatic N) is 5. The zero-order valence-corrected chi connectivity index (χ0v) is 15.1. The van der Waals surface area contributed by atoms with E-state index >= 15 is 0 Å². The SMILES string of the molecule is Cn1nc(N2CCCCC2CNc2ncnc3ccc(F)cc23)ccc1=O. The smallest absolute Gasteiger partial charge is 0.266 e. The molecular weight excluding hydrogens is 347 g/mol. The maximum Gasteiger partial charge on any atom is 0.266 e. The van der Waals surface area contributed by atoms with Gasteiger partial charge in [-0.15, -0.1) is 0 Å². The van der Waals surface area contributed by atoms with Gasteiger partial charge in [0.2, 0.25) is 0 Å². The van der Waals surface area contributed by atoms with Gasteiger partial charge in [-0.05, 0) is 43.5 Å². The van der Waals surface area contributed by atoms with Crippen molar-refractivity contribution in [3.05, 3.63) is 52.8 Å². The molecule has 3 heterocycles. The molecule has 0 bridgehead atoms. The fourth-order valence-corrected chi connectivity index (χ4v) is 3.54. The molecule has 27 heavy (non-hydrogen) atoms. The van der Waals surface area contributed by atoms with E-state index in [1.807, 2.05) is 0 Å². The molecule has 0 aliphatic carbocycles. The second-order valence-electron chi connectivity index (χ2n) is 6.76. The predicted molar refractivity (Wildman–Crippen MR) is 102 cm³/mol. The molecule has 1 aromatic carbocycles. The van der Waals surface area contributed by atoms with Gasteiger partial charge in [-0.1, -0.05) is 0 Å². The molecule has 0 amide bonds. The van der Waals surface area contributed by atoms with Crippen molar-refractivity contribution >= 4 is 22.5 Å². The molecule has 0 radical (unpaired) electrons. The van der Waals surface area contributed by atoms with Crippen LogP contribution in [0.2, 0.25) is 0 Å². The third kappa shape index (κ3) is 3.60. The third-order valence-electron chi connectivity index (χ3n) is 4.97. The standard InChI is InChI=1S/C19H21FN6O/c1-25-18(27)8-7-17(24-25)26-9-3-2-4-14(26)11-21-19-15-10-13(20)5-6-16(15)22-12-23-19/h5-8,10,12,14H,2-4,9,11H2,1H3,(H,21,22,23). The van der Waals surface area contributed by atoms with E-state index in [2.05, 4.69) is 25.3 Å². The lowest BCUT2D eigenvalue weighted by atomic mass is 10.0. The lowest BCUT2D eigenvalue weighted by molar-refractivity contribution is 0.464. The lowest BCUT2D eigenvalue weighted by Gasteiger charge is -2.36. The summed E-state index contributed by atoms with van der Waals surface area (Å²) >= 11 is 0. The number of aryl methyl sites for hydroxylation is 1. The maximum absolute atomic E-state index is 13.6. The highest BCUT2D eigenvalue weighted by Gasteiger charge is 2.24. The van der Waals surface area contributed by atoms with Gasteiger partial charge in [0, 0.05) is 37.6 Å². The van der Waals surface area contributed by atoms with Crippen LogP contribution in [0, 0.1) is 5.82 Å². The van der Waals surface area contributed by atoms with Crippen molar-refractivity contribution in [3.63, 3.8) is 0 Å². The van der Waals surface area contributed by atoms with Crippen molar-refractivity contribution in [2.45, 2.75) is 25.3 Å². The van der Waals surface area contributed by atoms with Crippen LogP contribution in [-0.4, -0.2) is 38.9 Å². The second-order valence-corrected chi connectivity index (χ2v) is 6.76. The molecule has 3 aromatic rings. The number of halogens is 1. The average Bonchev–Trinajstić information content (AvgIpc) is 2.69. The van der Waals surface area contributed by atoms with Gasteiger partial charge >= 0.3 is 0 Å². The zero-order chi connectivity index (χ0) is 18.8. The van der Waals surface area contributed by atoms with Crippen LogP contribution >= 0.6 is 0 Å². The summed E-state index contributed by atoms with van der Waals surface area (Å²) in [5.41, 5.74) is 0.578. The van der Waals surface area contributed by atoms with Crippen LogP contribution in [-0.2, 0) is 7.05 Å². The number of benzene rings is 1. The van der Waals surface area contributed by atoms with Crippen molar-refractivity contribution in [2.24, 2.45) is 7.05 Å². The van der Waals surface area contributed by atoms with E-state index in [4.69, 9.17) is 0 Å². The molecule has 0 spiro atoms. The van der Waals surface area contributed by atoms with E-state index in [1.165, 1.54) is 23.1 Å². The Morgan fingerprint density at radius 2 is 2.11 bits per heavy atom. The molecule has 1 unspecified atom stereocenters. The molecule has 8 heteroatoms. The Labute approximate surface area is 155 Å². The van der Waals surface area contributed by atoms with Gasteiger partial charge in [0.05, 0.1) is 5.52 Å². The van der Waals surface area contributed by atoms with Gasteiger partial charge in [0.25, 0.3) is 5.56 Å². The monoisotopic (exact) mass is 368 g/mol. The summed E-state index contributed by atoms with van der Waals surface area (Å²) in [6.07, 6.45) is 4.71. The van der Waals surface area contributed by atoms with Gasteiger partial charge in [-0.3, -0.25) is 4.79 Å². The Hall–Kier alpha value is -3.03. The summed E-state index contributed by atoms with van der Waals surface area (Å²) in [5.74, 6) is 1.11. The summed E-state index contributed by atoms with van der Waals surface area (Å²) in [6.45, 7) is 1.53. The highest BCUT2D eigenvalue weighted by atomic mass is 19.1. The van der Waals surface area contributed by atoms with E-state index in [-0.39, 0.29) is 17.4 Å². The van der Waals surface area contributed by atoms with E-state index < -0.39 is 0 Å². The molecule has 1 aliphatic heterocycles. The van der Waals surface area contributed by atoms with Gasteiger partial charge < -0.3 is 10.2 Å². The fraction of sp³-hybridized carbons (Fsp3) is 0.368. The molecule has 1 fully saturated rings. The molecular formula is C19H21FN6O. The molecule has 0 saturated carbocycles. The maximum atomic E-state index is 13.6. The largest absolute Gasteiger partial charge is 0.367 e. The minimum atomic E-state index is -0.311. The average molecular weight is 368 g/mol. The summed E-state index contributed by atoms with van der Waals surface area (Å²) in [5, 5.41) is 8.41. The quantitative estimate of drug-likeness (QED) is 0.762. The van der Waals surface area contributed by atoms with Crippen LogP contribution in [0.3, 0.4) is 0 Å². The Balaban J connectivity index is 1.56. The molecule has 7 nitrogen and oxygen atoms in total. The Bertz CT molecular complexity index is 1020. The summed E-state index contributed by atoms with van der Waals surface area (Å²) in [6, 6.07) is 8.03. The van der Waals surface area contributed by atoms with Crippen molar-refractivity contribution in [2.75, 3.05) is 23.3 Å².